The van der Waals surface area contributed by atoms with Crippen LogP contribution in [0.5, 0.6) is 0 Å². The molecule has 0 aliphatic carbocycles. The summed E-state index contributed by atoms with van der Waals surface area (Å²) in [7, 11) is 0. The number of nitrogens with one attached hydrogen (secondary N) is 1. The van der Waals surface area contributed by atoms with Gasteiger partial charge in [0.05, 0.1) is 27.6 Å². The second kappa shape index (κ2) is 6.28. The van der Waals surface area contributed by atoms with E-state index in [9.17, 15) is 4.79 Å². The van der Waals surface area contributed by atoms with Crippen LogP contribution in [0.25, 0.3) is 21.6 Å². The summed E-state index contributed by atoms with van der Waals surface area (Å²) in [6.45, 7) is 2.69. The largest absolute Gasteiger partial charge is 0.340 e. The standard InChI is InChI=1S/C20H17N5OS/c1-12-8-16(27-10-12)18-17(21-6-7-22-18)13-9-25(11-26)19(13)20-23-14-4-2-3-5-15(14)24-20/h2-8,10-11,13,19H,9H2,1H3,(H,23,24). The van der Waals surface area contributed by atoms with Crippen molar-refractivity contribution < 1.29 is 4.79 Å². The maximum Gasteiger partial charge on any atom is 0.210 e. The number of thiophene rings is 1. The first-order valence-corrected chi connectivity index (χ1v) is 9.64. The van der Waals surface area contributed by atoms with Crippen molar-refractivity contribution in [3.05, 3.63) is 65.2 Å². The molecule has 1 amide bonds. The number of imidazole rings is 1. The summed E-state index contributed by atoms with van der Waals surface area (Å²) in [4.78, 5) is 31.8. The van der Waals surface area contributed by atoms with E-state index in [1.807, 2.05) is 24.3 Å². The van der Waals surface area contributed by atoms with Crippen molar-refractivity contribution in [1.29, 1.82) is 0 Å². The maximum absolute atomic E-state index is 11.6. The van der Waals surface area contributed by atoms with E-state index in [0.717, 1.165) is 39.5 Å². The third-order valence-electron chi connectivity index (χ3n) is 5.01. The summed E-state index contributed by atoms with van der Waals surface area (Å²) in [5.74, 6) is 0.848. The van der Waals surface area contributed by atoms with Crippen molar-refractivity contribution in [3.63, 3.8) is 0 Å². The molecule has 1 N–H and O–H groups in total. The summed E-state index contributed by atoms with van der Waals surface area (Å²) < 4.78 is 0. The number of amides is 1. The molecule has 6 nitrogen and oxygen atoms in total. The van der Waals surface area contributed by atoms with Crippen LogP contribution in [0.3, 0.4) is 0 Å². The van der Waals surface area contributed by atoms with E-state index >= 15 is 0 Å². The van der Waals surface area contributed by atoms with E-state index in [1.54, 1.807) is 28.6 Å². The zero-order valence-electron chi connectivity index (χ0n) is 14.7. The molecular formula is C20H17N5OS. The van der Waals surface area contributed by atoms with Crippen LogP contribution in [0.2, 0.25) is 0 Å². The zero-order chi connectivity index (χ0) is 18.4. The number of aryl methyl sites for hydroxylation is 1. The molecule has 5 rings (SSSR count). The highest BCUT2D eigenvalue weighted by Crippen LogP contribution is 2.45. The average molecular weight is 375 g/mol. The number of H-pyrrole nitrogens is 1. The Kier molecular flexibility index (Phi) is 3.75. The number of rotatable bonds is 4. The lowest BCUT2D eigenvalue weighted by Gasteiger charge is -2.44. The molecule has 134 valence electrons. The number of aromatic amines is 1. The monoisotopic (exact) mass is 375 g/mol. The summed E-state index contributed by atoms with van der Waals surface area (Å²) in [6, 6.07) is 9.86. The van der Waals surface area contributed by atoms with Crippen molar-refractivity contribution in [2.75, 3.05) is 6.54 Å². The Labute approximate surface area is 159 Å². The van der Waals surface area contributed by atoms with E-state index in [2.05, 4.69) is 33.3 Å². The number of aromatic nitrogens is 4. The van der Waals surface area contributed by atoms with Crippen molar-refractivity contribution in [2.45, 2.75) is 18.9 Å². The smallest absolute Gasteiger partial charge is 0.210 e. The lowest BCUT2D eigenvalue weighted by Crippen LogP contribution is -2.48. The zero-order valence-corrected chi connectivity index (χ0v) is 15.5. The van der Waals surface area contributed by atoms with E-state index in [1.165, 1.54) is 5.56 Å². The Hall–Kier alpha value is -3.06. The highest BCUT2D eigenvalue weighted by molar-refractivity contribution is 7.13. The normalized spacial score (nSPS) is 19.2. The van der Waals surface area contributed by atoms with Crippen LogP contribution in [-0.2, 0) is 4.79 Å². The second-order valence-corrected chi connectivity index (χ2v) is 7.68. The molecule has 0 saturated carbocycles. The van der Waals surface area contributed by atoms with Crippen LogP contribution < -0.4 is 0 Å². The Morgan fingerprint density at radius 2 is 2.11 bits per heavy atom. The first-order valence-electron chi connectivity index (χ1n) is 8.76. The minimum atomic E-state index is -0.161. The van der Waals surface area contributed by atoms with Crippen LogP contribution in [-0.4, -0.2) is 37.8 Å². The molecule has 3 aromatic heterocycles. The second-order valence-electron chi connectivity index (χ2n) is 6.77. The molecule has 4 heterocycles. The van der Waals surface area contributed by atoms with Gasteiger partial charge in [0.1, 0.15) is 11.5 Å². The molecule has 1 fully saturated rings. The van der Waals surface area contributed by atoms with Crippen LogP contribution in [0, 0.1) is 6.92 Å². The number of benzene rings is 1. The van der Waals surface area contributed by atoms with Crippen molar-refractivity contribution in [2.24, 2.45) is 0 Å². The van der Waals surface area contributed by atoms with Gasteiger partial charge in [0.25, 0.3) is 0 Å². The molecule has 7 heteroatoms. The predicted octanol–water partition coefficient (Wildman–Crippen LogP) is 3.69. The molecule has 1 aromatic carbocycles. The van der Waals surface area contributed by atoms with E-state index < -0.39 is 0 Å². The molecule has 1 saturated heterocycles. The first kappa shape index (κ1) is 16.1. The number of para-hydroxylation sites is 2. The van der Waals surface area contributed by atoms with Gasteiger partial charge in [-0.2, -0.15) is 0 Å². The molecule has 2 unspecified atom stereocenters. The predicted molar refractivity (Wildman–Crippen MR) is 104 cm³/mol. The van der Waals surface area contributed by atoms with Gasteiger partial charge in [0.2, 0.25) is 6.41 Å². The van der Waals surface area contributed by atoms with Crippen molar-refractivity contribution in [1.82, 2.24) is 24.8 Å². The van der Waals surface area contributed by atoms with Crippen molar-refractivity contribution in [3.8, 4) is 10.6 Å². The number of hydrogen-bond acceptors (Lipinski definition) is 5. The van der Waals surface area contributed by atoms with Gasteiger partial charge in [-0.1, -0.05) is 12.1 Å². The highest BCUT2D eigenvalue weighted by Gasteiger charge is 2.44. The Morgan fingerprint density at radius 1 is 1.26 bits per heavy atom. The number of fused-ring (bicyclic) bond motifs is 1. The van der Waals surface area contributed by atoms with Gasteiger partial charge in [0, 0.05) is 24.9 Å². The fourth-order valence-corrected chi connectivity index (χ4v) is 4.61. The van der Waals surface area contributed by atoms with Crippen LogP contribution in [0.15, 0.2) is 48.1 Å². The molecule has 4 aromatic rings. The molecule has 1 aliphatic heterocycles. The highest BCUT2D eigenvalue weighted by atomic mass is 32.1. The van der Waals surface area contributed by atoms with Crippen LogP contribution >= 0.6 is 11.3 Å². The fraction of sp³-hybridized carbons (Fsp3) is 0.200. The summed E-state index contributed by atoms with van der Waals surface area (Å²) in [5, 5.41) is 2.11. The van der Waals surface area contributed by atoms with Crippen LogP contribution in [0.4, 0.5) is 0 Å². The van der Waals surface area contributed by atoms with Gasteiger partial charge in [0.15, 0.2) is 0 Å². The SMILES string of the molecule is Cc1csc(-c2nccnc2C2CN(C=O)C2c2nc3ccccc3[nH]2)c1. The van der Waals surface area contributed by atoms with Gasteiger partial charge in [-0.3, -0.25) is 14.8 Å². The van der Waals surface area contributed by atoms with E-state index in [0.29, 0.717) is 6.54 Å². The van der Waals surface area contributed by atoms with Gasteiger partial charge >= 0.3 is 0 Å². The molecule has 0 spiro atoms. The lowest BCUT2D eigenvalue weighted by atomic mass is 9.84. The number of carbonyl (C=O) groups is 1. The van der Waals surface area contributed by atoms with Gasteiger partial charge in [-0.25, -0.2) is 4.98 Å². The Bertz CT molecular complexity index is 1100. The third-order valence-corrected chi connectivity index (χ3v) is 6.07. The molecule has 0 radical (unpaired) electrons. The lowest BCUT2D eigenvalue weighted by molar-refractivity contribution is -0.127. The first-order chi connectivity index (χ1) is 13.2. The third kappa shape index (κ3) is 2.62. The molecular weight excluding hydrogens is 358 g/mol. The van der Waals surface area contributed by atoms with Gasteiger partial charge < -0.3 is 9.88 Å². The quantitative estimate of drug-likeness (QED) is 0.552. The topological polar surface area (TPSA) is 74.8 Å². The average Bonchev–Trinajstić information content (AvgIpc) is 3.27. The maximum atomic E-state index is 11.6. The summed E-state index contributed by atoms with van der Waals surface area (Å²) in [5.41, 5.74) is 4.90. The fourth-order valence-electron chi connectivity index (χ4n) is 3.70. The number of nitrogens with zero attached hydrogens (tertiary/aromatic N) is 4. The van der Waals surface area contributed by atoms with Crippen molar-refractivity contribution >= 4 is 28.8 Å². The van der Waals surface area contributed by atoms with E-state index in [4.69, 9.17) is 4.98 Å². The summed E-state index contributed by atoms with van der Waals surface area (Å²) >= 11 is 1.67. The molecule has 27 heavy (non-hydrogen) atoms. The van der Waals surface area contributed by atoms with Gasteiger partial charge in [-0.15, -0.1) is 11.3 Å². The molecule has 2 atom stereocenters. The minimum Gasteiger partial charge on any atom is -0.340 e. The Balaban J connectivity index is 1.58. The number of hydrogen-bond donors (Lipinski definition) is 1. The van der Waals surface area contributed by atoms with E-state index in [-0.39, 0.29) is 12.0 Å². The number of carbonyl (C=O) groups excluding carboxylic acids is 1. The summed E-state index contributed by atoms with van der Waals surface area (Å²) in [6.07, 6.45) is 4.33. The number of likely N-dealkylation sites (tertiary alicyclic amines) is 1. The molecule has 0 bridgehead atoms. The Morgan fingerprint density at radius 3 is 2.89 bits per heavy atom. The van der Waals surface area contributed by atoms with Gasteiger partial charge in [-0.05, 0) is 36.1 Å². The molecule has 1 aliphatic rings. The van der Waals surface area contributed by atoms with Crippen LogP contribution in [0.1, 0.15) is 29.0 Å². The minimum absolute atomic E-state index is 0.0573.